The van der Waals surface area contributed by atoms with Gasteiger partial charge < -0.3 is 10.2 Å². The molecule has 1 fully saturated rings. The van der Waals surface area contributed by atoms with E-state index in [-0.39, 0.29) is 18.3 Å². The Morgan fingerprint density at radius 3 is 2.62 bits per heavy atom. The van der Waals surface area contributed by atoms with Gasteiger partial charge in [0.1, 0.15) is 11.6 Å². The van der Waals surface area contributed by atoms with Crippen molar-refractivity contribution in [2.24, 2.45) is 0 Å². The molecule has 5 rings (SSSR count). The van der Waals surface area contributed by atoms with Crippen molar-refractivity contribution in [2.75, 3.05) is 22.5 Å². The number of urea groups is 1. The van der Waals surface area contributed by atoms with Gasteiger partial charge in [-0.15, -0.1) is 11.8 Å². The molecule has 1 N–H and O–H groups in total. The van der Waals surface area contributed by atoms with Crippen molar-refractivity contribution < 1.29 is 18.4 Å². The number of carbonyl (C=O) groups excluding carboxylic acids is 2. The zero-order valence-electron chi connectivity index (χ0n) is 18.8. The van der Waals surface area contributed by atoms with Crippen LogP contribution < -0.4 is 10.2 Å². The lowest BCUT2D eigenvalue weighted by atomic mass is 10.0. The first kappa shape index (κ1) is 22.4. The van der Waals surface area contributed by atoms with Crippen LogP contribution in [0.25, 0.3) is 0 Å². The highest BCUT2D eigenvalue weighted by Gasteiger charge is 2.59. The van der Waals surface area contributed by atoms with Crippen LogP contribution in [0.1, 0.15) is 22.3 Å². The first-order chi connectivity index (χ1) is 16.3. The van der Waals surface area contributed by atoms with Crippen LogP contribution in [-0.2, 0) is 16.2 Å². The highest BCUT2D eigenvalue weighted by molar-refractivity contribution is 8.01. The Labute approximate surface area is 200 Å². The van der Waals surface area contributed by atoms with Gasteiger partial charge in [0.25, 0.3) is 5.91 Å². The van der Waals surface area contributed by atoms with Gasteiger partial charge in [0, 0.05) is 29.1 Å². The molecule has 5 nitrogen and oxygen atoms in total. The average molecular weight is 480 g/mol. The Kier molecular flexibility index (Phi) is 5.56. The molecule has 34 heavy (non-hydrogen) atoms. The molecule has 2 aliphatic heterocycles. The van der Waals surface area contributed by atoms with Gasteiger partial charge in [0.2, 0.25) is 0 Å². The second-order valence-corrected chi connectivity index (χ2v) is 9.83. The van der Waals surface area contributed by atoms with Crippen LogP contribution in [-0.4, -0.2) is 29.1 Å². The van der Waals surface area contributed by atoms with E-state index in [1.807, 2.05) is 25.1 Å². The third kappa shape index (κ3) is 3.53. The number of carbonyl (C=O) groups is 2. The van der Waals surface area contributed by atoms with Gasteiger partial charge in [-0.2, -0.15) is 0 Å². The van der Waals surface area contributed by atoms with Crippen molar-refractivity contribution in [3.63, 3.8) is 0 Å². The minimum atomic E-state index is -1.26. The summed E-state index contributed by atoms with van der Waals surface area (Å²) in [6.45, 7) is 3.98. The van der Waals surface area contributed by atoms with Gasteiger partial charge in [-0.05, 0) is 43.7 Å². The Morgan fingerprint density at radius 1 is 1.06 bits per heavy atom. The van der Waals surface area contributed by atoms with Crippen molar-refractivity contribution in [3.05, 3.63) is 94.6 Å². The van der Waals surface area contributed by atoms with E-state index in [4.69, 9.17) is 0 Å². The molecule has 1 saturated heterocycles. The molecule has 8 heteroatoms. The van der Waals surface area contributed by atoms with Crippen LogP contribution in [0.5, 0.6) is 0 Å². The zero-order valence-corrected chi connectivity index (χ0v) is 19.6. The van der Waals surface area contributed by atoms with Gasteiger partial charge >= 0.3 is 6.03 Å². The lowest BCUT2D eigenvalue weighted by Crippen LogP contribution is -2.51. The molecule has 0 bridgehead atoms. The van der Waals surface area contributed by atoms with E-state index in [0.29, 0.717) is 40.4 Å². The van der Waals surface area contributed by atoms with E-state index < -0.39 is 16.7 Å². The molecule has 2 aliphatic rings. The topological polar surface area (TPSA) is 52.7 Å². The molecule has 0 aliphatic carbocycles. The zero-order chi connectivity index (χ0) is 24.0. The van der Waals surface area contributed by atoms with E-state index >= 15 is 0 Å². The number of anilines is 2. The number of halogens is 2. The van der Waals surface area contributed by atoms with Crippen LogP contribution in [0.4, 0.5) is 25.0 Å². The van der Waals surface area contributed by atoms with E-state index in [9.17, 15) is 18.4 Å². The number of rotatable bonds is 3. The fraction of sp³-hybridized carbons (Fsp3) is 0.231. The third-order valence-electron chi connectivity index (χ3n) is 6.30. The highest BCUT2D eigenvalue weighted by atomic mass is 32.2. The second-order valence-electron chi connectivity index (χ2n) is 8.54. The number of amides is 3. The van der Waals surface area contributed by atoms with E-state index in [2.05, 4.69) is 5.32 Å². The summed E-state index contributed by atoms with van der Waals surface area (Å²) in [6.07, 6.45) is 0. The number of hydrogen-bond acceptors (Lipinski definition) is 3. The maximum absolute atomic E-state index is 14.4. The fourth-order valence-electron chi connectivity index (χ4n) is 4.54. The molecule has 0 radical (unpaired) electrons. The summed E-state index contributed by atoms with van der Waals surface area (Å²) in [5.74, 6) is -0.538. The predicted molar refractivity (Wildman–Crippen MR) is 130 cm³/mol. The minimum Gasteiger partial charge on any atom is -0.308 e. The molecule has 174 valence electrons. The molecule has 3 aromatic carbocycles. The maximum Gasteiger partial charge on any atom is 0.323 e. The SMILES string of the molecule is Cc1ccc2c(c1)[C@@]1(SCCN1C(=O)Nc1ccc(C)c(F)c1)C(=O)N2Cc1ccccc1F. The molecular weight excluding hydrogens is 456 g/mol. The lowest BCUT2D eigenvalue weighted by Gasteiger charge is -2.33. The maximum atomic E-state index is 14.4. The molecule has 0 aromatic heterocycles. The molecule has 1 spiro atoms. The monoisotopic (exact) mass is 479 g/mol. The summed E-state index contributed by atoms with van der Waals surface area (Å²) in [5.41, 5.74) is 3.51. The molecule has 0 saturated carbocycles. The average Bonchev–Trinajstić information content (AvgIpc) is 3.35. The summed E-state index contributed by atoms with van der Waals surface area (Å²) >= 11 is 1.39. The van der Waals surface area contributed by atoms with Gasteiger partial charge in [-0.3, -0.25) is 9.69 Å². The third-order valence-corrected chi connectivity index (χ3v) is 7.72. The van der Waals surface area contributed by atoms with Crippen LogP contribution in [0.2, 0.25) is 0 Å². The molecule has 1 atom stereocenters. The second kappa shape index (κ2) is 8.43. The fourth-order valence-corrected chi connectivity index (χ4v) is 6.00. The Bertz CT molecular complexity index is 1310. The van der Waals surface area contributed by atoms with Crippen LogP contribution >= 0.6 is 11.8 Å². The number of fused-ring (bicyclic) bond motifs is 2. The van der Waals surface area contributed by atoms with Crippen molar-refractivity contribution >= 4 is 35.1 Å². The van der Waals surface area contributed by atoms with Crippen LogP contribution in [0, 0.1) is 25.5 Å². The van der Waals surface area contributed by atoms with Gasteiger partial charge in [0.05, 0.1) is 12.2 Å². The number of thioether (sulfide) groups is 1. The van der Waals surface area contributed by atoms with Gasteiger partial charge in [0.15, 0.2) is 4.87 Å². The first-order valence-corrected chi connectivity index (χ1v) is 11.9. The van der Waals surface area contributed by atoms with Crippen molar-refractivity contribution in [3.8, 4) is 0 Å². The number of nitrogens with zero attached hydrogens (tertiary/aromatic N) is 2. The molecule has 2 heterocycles. The highest BCUT2D eigenvalue weighted by Crippen LogP contribution is 2.54. The largest absolute Gasteiger partial charge is 0.323 e. The summed E-state index contributed by atoms with van der Waals surface area (Å²) in [7, 11) is 0. The Hall–Kier alpha value is -3.39. The number of aryl methyl sites for hydroxylation is 2. The van der Waals surface area contributed by atoms with Gasteiger partial charge in [-0.1, -0.05) is 42.0 Å². The normalized spacial score (nSPS) is 19.1. The Balaban J connectivity index is 1.53. The molecule has 3 aromatic rings. The predicted octanol–water partition coefficient (Wildman–Crippen LogP) is 5.56. The van der Waals surface area contributed by atoms with Gasteiger partial charge in [-0.25, -0.2) is 13.6 Å². The Morgan fingerprint density at radius 2 is 1.85 bits per heavy atom. The van der Waals surface area contributed by atoms with E-state index in [1.165, 1.54) is 28.8 Å². The molecule has 3 amide bonds. The van der Waals surface area contributed by atoms with E-state index in [1.54, 1.807) is 42.2 Å². The summed E-state index contributed by atoms with van der Waals surface area (Å²) in [4.78, 5) is 29.2. The summed E-state index contributed by atoms with van der Waals surface area (Å²) in [6, 6.07) is 16.0. The van der Waals surface area contributed by atoms with Crippen molar-refractivity contribution in [1.82, 2.24) is 4.90 Å². The first-order valence-electron chi connectivity index (χ1n) is 11.0. The standard InChI is InChI=1S/C26H23F2N3O2S/c1-16-7-10-23-20(13-16)26(24(32)30(23)15-18-5-3-4-6-21(18)27)31(11-12-34-26)25(33)29-19-9-8-17(2)22(28)14-19/h3-10,13-14H,11-12,15H2,1-2H3,(H,29,33)/t26-/m1/s1. The van der Waals surface area contributed by atoms with Crippen molar-refractivity contribution in [2.45, 2.75) is 25.3 Å². The van der Waals surface area contributed by atoms with Crippen molar-refractivity contribution in [1.29, 1.82) is 0 Å². The number of nitrogens with one attached hydrogen (secondary N) is 1. The smallest absolute Gasteiger partial charge is 0.308 e. The lowest BCUT2D eigenvalue weighted by molar-refractivity contribution is -0.123. The number of benzene rings is 3. The quantitative estimate of drug-likeness (QED) is 0.535. The summed E-state index contributed by atoms with van der Waals surface area (Å²) < 4.78 is 28.5. The number of hydrogen-bond donors (Lipinski definition) is 1. The molecular formula is C26H23F2N3O2S. The van der Waals surface area contributed by atoms with Crippen LogP contribution in [0.3, 0.4) is 0 Å². The summed E-state index contributed by atoms with van der Waals surface area (Å²) in [5, 5.41) is 2.75. The minimum absolute atomic E-state index is 0.0580. The molecule has 0 unspecified atom stereocenters. The van der Waals surface area contributed by atoms with Crippen LogP contribution in [0.15, 0.2) is 60.7 Å². The van der Waals surface area contributed by atoms with E-state index in [0.717, 1.165) is 5.56 Å².